The van der Waals surface area contributed by atoms with E-state index in [1.807, 2.05) is 0 Å². The number of nitrogens with zero attached hydrogens (tertiary/aromatic N) is 2. The van der Waals surface area contributed by atoms with Crippen molar-refractivity contribution in [1.29, 1.82) is 0 Å². The lowest BCUT2D eigenvalue weighted by Crippen LogP contribution is -2.33. The zero-order chi connectivity index (χ0) is 17.0. The Balaban J connectivity index is 2.29. The summed E-state index contributed by atoms with van der Waals surface area (Å²) in [5.41, 5.74) is 7.91. The lowest BCUT2D eigenvalue weighted by Gasteiger charge is -2.08. The van der Waals surface area contributed by atoms with Gasteiger partial charge < -0.3 is 0 Å². The number of aromatic nitrogens is 2. The average Bonchev–Trinajstić information content (AvgIpc) is 2.88. The molecule has 0 bridgehead atoms. The summed E-state index contributed by atoms with van der Waals surface area (Å²) in [4.78, 5) is 0. The summed E-state index contributed by atoms with van der Waals surface area (Å²) in [6, 6.07) is 15.4. The van der Waals surface area contributed by atoms with E-state index in [2.05, 4.69) is 92.5 Å². The van der Waals surface area contributed by atoms with Crippen LogP contribution in [0.2, 0.25) is 0 Å². The molecule has 2 aromatic heterocycles. The second kappa shape index (κ2) is 5.20. The first-order chi connectivity index (χ1) is 11.5. The summed E-state index contributed by atoms with van der Waals surface area (Å²) < 4.78 is 4.64. The average molecular weight is 315 g/mol. The summed E-state index contributed by atoms with van der Waals surface area (Å²) in [7, 11) is 2.13. The minimum absolute atomic E-state index is 1.19. The van der Waals surface area contributed by atoms with Gasteiger partial charge in [-0.2, -0.15) is 4.57 Å². The van der Waals surface area contributed by atoms with Gasteiger partial charge in [-0.05, 0) is 68.1 Å². The molecule has 0 fully saturated rings. The minimum Gasteiger partial charge on any atom is -0.236 e. The van der Waals surface area contributed by atoms with Gasteiger partial charge in [0.25, 0.3) is 5.82 Å². The molecule has 0 aliphatic heterocycles. The van der Waals surface area contributed by atoms with Gasteiger partial charge in [0.2, 0.25) is 0 Å². The molecule has 0 saturated heterocycles. The van der Waals surface area contributed by atoms with Crippen molar-refractivity contribution < 1.29 is 4.57 Å². The SMILES string of the molecule is Cc1ccc(-n2c3ccccc3c3c(C)cc(C)c(C)c32)[n+](C)c1. The van der Waals surface area contributed by atoms with E-state index in [1.54, 1.807) is 0 Å². The fraction of sp³-hybridized carbons (Fsp3) is 0.227. The van der Waals surface area contributed by atoms with Crippen molar-refractivity contribution in [2.45, 2.75) is 27.7 Å². The first kappa shape index (κ1) is 14.9. The van der Waals surface area contributed by atoms with E-state index in [0.29, 0.717) is 0 Å². The number of benzene rings is 2. The molecule has 0 saturated carbocycles. The van der Waals surface area contributed by atoms with Crippen molar-refractivity contribution in [3.63, 3.8) is 0 Å². The Morgan fingerprint density at radius 2 is 1.62 bits per heavy atom. The highest BCUT2D eigenvalue weighted by Gasteiger charge is 2.23. The highest BCUT2D eigenvalue weighted by atomic mass is 15.1. The van der Waals surface area contributed by atoms with Crippen molar-refractivity contribution in [2.24, 2.45) is 7.05 Å². The number of fused-ring (bicyclic) bond motifs is 3. The number of hydrogen-bond donors (Lipinski definition) is 0. The van der Waals surface area contributed by atoms with Crippen LogP contribution in [0.25, 0.3) is 27.6 Å². The number of para-hydroxylation sites is 1. The van der Waals surface area contributed by atoms with Crippen molar-refractivity contribution in [2.75, 3.05) is 0 Å². The molecule has 2 nitrogen and oxygen atoms in total. The van der Waals surface area contributed by atoms with Gasteiger partial charge in [0, 0.05) is 16.8 Å². The van der Waals surface area contributed by atoms with Crippen molar-refractivity contribution in [1.82, 2.24) is 4.57 Å². The molecular weight excluding hydrogens is 292 g/mol. The minimum atomic E-state index is 1.19. The summed E-state index contributed by atoms with van der Waals surface area (Å²) >= 11 is 0. The Kier molecular flexibility index (Phi) is 3.24. The Bertz CT molecular complexity index is 1100. The fourth-order valence-corrected chi connectivity index (χ4v) is 3.89. The van der Waals surface area contributed by atoms with Gasteiger partial charge in [0.05, 0.1) is 13.2 Å². The van der Waals surface area contributed by atoms with Crippen molar-refractivity contribution >= 4 is 21.8 Å². The molecule has 0 spiro atoms. The van der Waals surface area contributed by atoms with Crippen LogP contribution in [0.15, 0.2) is 48.7 Å². The maximum atomic E-state index is 2.42. The number of rotatable bonds is 1. The standard InChI is InChI=1S/C22H23N2/c1-14-10-11-20(23(5)13-14)24-19-9-7-6-8-18(19)21-16(3)12-15(2)17(4)22(21)24/h6-13H,1-5H3/q+1. The Morgan fingerprint density at radius 3 is 2.38 bits per heavy atom. The highest BCUT2D eigenvalue weighted by Crippen LogP contribution is 2.36. The van der Waals surface area contributed by atoms with E-state index in [0.717, 1.165) is 0 Å². The van der Waals surface area contributed by atoms with E-state index in [-0.39, 0.29) is 0 Å². The predicted octanol–water partition coefficient (Wildman–Crippen LogP) is 4.84. The van der Waals surface area contributed by atoms with Crippen molar-refractivity contribution in [3.8, 4) is 5.82 Å². The molecule has 4 aromatic rings. The molecule has 0 N–H and O–H groups in total. The second-order valence-electron chi connectivity index (χ2n) is 6.89. The second-order valence-corrected chi connectivity index (χ2v) is 6.89. The molecule has 120 valence electrons. The third kappa shape index (κ3) is 1.99. The van der Waals surface area contributed by atoms with Gasteiger partial charge in [-0.1, -0.05) is 18.2 Å². The fourth-order valence-electron chi connectivity index (χ4n) is 3.89. The number of aryl methyl sites for hydroxylation is 5. The summed E-state index contributed by atoms with van der Waals surface area (Å²) in [5, 5.41) is 2.70. The Morgan fingerprint density at radius 1 is 0.875 bits per heavy atom. The molecule has 0 atom stereocenters. The van der Waals surface area contributed by atoms with Crippen LogP contribution in [0.5, 0.6) is 0 Å². The molecule has 24 heavy (non-hydrogen) atoms. The Hall–Kier alpha value is -2.61. The Labute approximate surface area is 143 Å². The maximum Gasteiger partial charge on any atom is 0.286 e. The molecular formula is C22H23N2+. The lowest BCUT2D eigenvalue weighted by molar-refractivity contribution is -0.665. The van der Waals surface area contributed by atoms with Crippen LogP contribution in [0.4, 0.5) is 0 Å². The zero-order valence-electron chi connectivity index (χ0n) is 15.0. The molecule has 0 unspecified atom stereocenters. The first-order valence-electron chi connectivity index (χ1n) is 8.45. The number of hydrogen-bond acceptors (Lipinski definition) is 0. The van der Waals surface area contributed by atoms with Gasteiger partial charge in [-0.25, -0.2) is 4.57 Å². The van der Waals surface area contributed by atoms with Gasteiger partial charge in [0.1, 0.15) is 11.0 Å². The van der Waals surface area contributed by atoms with Gasteiger partial charge in [0.15, 0.2) is 0 Å². The highest BCUT2D eigenvalue weighted by molar-refractivity contribution is 6.11. The molecule has 4 rings (SSSR count). The molecule has 0 radical (unpaired) electrons. The van der Waals surface area contributed by atoms with Crippen LogP contribution in [0, 0.1) is 27.7 Å². The summed E-state index contributed by atoms with van der Waals surface area (Å²) in [6.45, 7) is 8.80. The van der Waals surface area contributed by atoms with E-state index >= 15 is 0 Å². The van der Waals surface area contributed by atoms with Gasteiger partial charge in [-0.15, -0.1) is 0 Å². The van der Waals surface area contributed by atoms with E-state index in [4.69, 9.17) is 0 Å². The van der Waals surface area contributed by atoms with Gasteiger partial charge >= 0.3 is 0 Å². The lowest BCUT2D eigenvalue weighted by atomic mass is 10.00. The van der Waals surface area contributed by atoms with Crippen LogP contribution in [-0.2, 0) is 7.05 Å². The third-order valence-electron chi connectivity index (χ3n) is 5.13. The first-order valence-corrected chi connectivity index (χ1v) is 8.45. The topological polar surface area (TPSA) is 8.81 Å². The van der Waals surface area contributed by atoms with E-state index < -0.39 is 0 Å². The van der Waals surface area contributed by atoms with Crippen LogP contribution in [-0.4, -0.2) is 4.57 Å². The number of pyridine rings is 1. The van der Waals surface area contributed by atoms with Crippen LogP contribution in [0.3, 0.4) is 0 Å². The summed E-state index contributed by atoms with van der Waals surface area (Å²) in [5.74, 6) is 1.19. The van der Waals surface area contributed by atoms with Gasteiger partial charge in [-0.3, -0.25) is 0 Å². The molecule has 2 heterocycles. The predicted molar refractivity (Wildman–Crippen MR) is 101 cm³/mol. The molecule has 0 aliphatic rings. The molecule has 0 amide bonds. The molecule has 2 heteroatoms. The maximum absolute atomic E-state index is 2.42. The van der Waals surface area contributed by atoms with E-state index in [9.17, 15) is 0 Å². The molecule has 0 aliphatic carbocycles. The quantitative estimate of drug-likeness (QED) is 0.444. The van der Waals surface area contributed by atoms with Crippen molar-refractivity contribution in [3.05, 3.63) is 70.9 Å². The molecule has 2 aromatic carbocycles. The third-order valence-corrected chi connectivity index (χ3v) is 5.13. The zero-order valence-corrected chi connectivity index (χ0v) is 15.0. The smallest absolute Gasteiger partial charge is 0.236 e. The monoisotopic (exact) mass is 315 g/mol. The normalized spacial score (nSPS) is 11.5. The van der Waals surface area contributed by atoms with Crippen LogP contribution >= 0.6 is 0 Å². The summed E-state index contributed by atoms with van der Waals surface area (Å²) in [6.07, 6.45) is 2.19. The van der Waals surface area contributed by atoms with Crippen LogP contribution < -0.4 is 4.57 Å². The largest absolute Gasteiger partial charge is 0.286 e. The van der Waals surface area contributed by atoms with E-state index in [1.165, 1.54) is 49.9 Å². The van der Waals surface area contributed by atoms with Crippen LogP contribution in [0.1, 0.15) is 22.3 Å².